The van der Waals surface area contributed by atoms with Gasteiger partial charge in [-0.3, -0.25) is 4.98 Å². The van der Waals surface area contributed by atoms with Crippen molar-refractivity contribution in [1.29, 1.82) is 0 Å². The third kappa shape index (κ3) is 2.03. The zero-order valence-electron chi connectivity index (χ0n) is 9.48. The van der Waals surface area contributed by atoms with Gasteiger partial charge in [0, 0.05) is 18.6 Å². The molecule has 5 heteroatoms. The fraction of sp³-hybridized carbons (Fsp3) is 0.167. The number of carbonyl (C=O) groups is 1. The maximum Gasteiger partial charge on any atom is 0.341 e. The van der Waals surface area contributed by atoms with Crippen molar-refractivity contribution in [2.75, 3.05) is 7.11 Å². The Morgan fingerprint density at radius 1 is 1.41 bits per heavy atom. The van der Waals surface area contributed by atoms with Gasteiger partial charge >= 0.3 is 5.97 Å². The highest BCUT2D eigenvalue weighted by molar-refractivity contribution is 6.33. The number of pyridine rings is 1. The molecule has 17 heavy (non-hydrogen) atoms. The molecule has 88 valence electrons. The van der Waals surface area contributed by atoms with Crippen LogP contribution in [0.25, 0.3) is 5.69 Å². The van der Waals surface area contributed by atoms with E-state index in [0.717, 1.165) is 0 Å². The van der Waals surface area contributed by atoms with Gasteiger partial charge in [-0.05, 0) is 19.1 Å². The van der Waals surface area contributed by atoms with Crippen LogP contribution in [-0.2, 0) is 4.74 Å². The number of halogens is 1. The van der Waals surface area contributed by atoms with Gasteiger partial charge in [0.15, 0.2) is 0 Å². The maximum absolute atomic E-state index is 11.8. The normalized spacial score (nSPS) is 10.3. The Kier molecular flexibility index (Phi) is 3.15. The minimum atomic E-state index is -0.443. The summed E-state index contributed by atoms with van der Waals surface area (Å²) in [5.74, 6) is -0.443. The third-order valence-electron chi connectivity index (χ3n) is 2.45. The van der Waals surface area contributed by atoms with Crippen LogP contribution in [0.5, 0.6) is 0 Å². The van der Waals surface area contributed by atoms with Crippen molar-refractivity contribution in [3.05, 3.63) is 47.0 Å². The van der Waals surface area contributed by atoms with Crippen LogP contribution in [0.15, 0.2) is 30.7 Å². The van der Waals surface area contributed by atoms with Crippen LogP contribution < -0.4 is 0 Å². The van der Waals surface area contributed by atoms with Crippen LogP contribution in [0, 0.1) is 6.92 Å². The average Bonchev–Trinajstić information content (AvgIpc) is 2.84. The lowest BCUT2D eigenvalue weighted by Gasteiger charge is -2.12. The predicted octanol–water partition coefficient (Wildman–Crippen LogP) is 2.62. The standard InChI is InChI=1S/C12H11ClN2O2/c1-8-10(12(16)17-2)11(9(13)7-14-8)15-5-3-4-6-15/h3-7H,1-2H3. The molecule has 0 N–H and O–H groups in total. The predicted molar refractivity (Wildman–Crippen MR) is 64.7 cm³/mol. The second-order valence-corrected chi connectivity index (χ2v) is 3.90. The molecule has 0 radical (unpaired) electrons. The average molecular weight is 251 g/mol. The van der Waals surface area contributed by atoms with E-state index in [-0.39, 0.29) is 0 Å². The van der Waals surface area contributed by atoms with E-state index in [1.165, 1.54) is 13.3 Å². The topological polar surface area (TPSA) is 44.1 Å². The number of carbonyl (C=O) groups excluding carboxylic acids is 1. The molecule has 2 heterocycles. The fourth-order valence-electron chi connectivity index (χ4n) is 1.65. The van der Waals surface area contributed by atoms with E-state index in [4.69, 9.17) is 16.3 Å². The van der Waals surface area contributed by atoms with Crippen LogP contribution in [0.2, 0.25) is 5.02 Å². The molecule has 0 unspecified atom stereocenters. The van der Waals surface area contributed by atoms with Gasteiger partial charge in [-0.2, -0.15) is 0 Å². The fourth-order valence-corrected chi connectivity index (χ4v) is 1.89. The molecule has 0 saturated heterocycles. The molecule has 0 bridgehead atoms. The molecule has 2 rings (SSSR count). The number of ether oxygens (including phenoxy) is 1. The lowest BCUT2D eigenvalue weighted by Crippen LogP contribution is -2.11. The van der Waals surface area contributed by atoms with Crippen LogP contribution in [0.1, 0.15) is 16.1 Å². The van der Waals surface area contributed by atoms with Crippen molar-refractivity contribution in [3.8, 4) is 5.69 Å². The Bertz CT molecular complexity index is 550. The summed E-state index contributed by atoms with van der Waals surface area (Å²) in [7, 11) is 1.34. The Morgan fingerprint density at radius 2 is 2.06 bits per heavy atom. The molecule has 0 saturated carbocycles. The molecule has 0 amide bonds. The lowest BCUT2D eigenvalue weighted by molar-refractivity contribution is 0.0599. The van der Waals surface area contributed by atoms with Crippen LogP contribution in [0.4, 0.5) is 0 Å². The zero-order chi connectivity index (χ0) is 12.4. The number of hydrogen-bond donors (Lipinski definition) is 0. The van der Waals surface area contributed by atoms with Crippen molar-refractivity contribution < 1.29 is 9.53 Å². The van der Waals surface area contributed by atoms with Crippen molar-refractivity contribution in [2.24, 2.45) is 0 Å². The summed E-state index contributed by atoms with van der Waals surface area (Å²) in [6, 6.07) is 3.71. The maximum atomic E-state index is 11.8. The summed E-state index contributed by atoms with van der Waals surface area (Å²) in [5, 5.41) is 0.409. The first-order chi connectivity index (χ1) is 8.15. The molecule has 0 aliphatic rings. The van der Waals surface area contributed by atoms with Gasteiger partial charge in [-0.25, -0.2) is 4.79 Å². The summed E-state index contributed by atoms with van der Waals surface area (Å²) in [4.78, 5) is 15.8. The van der Waals surface area contributed by atoms with Crippen LogP contribution in [-0.4, -0.2) is 22.6 Å². The minimum Gasteiger partial charge on any atom is -0.465 e. The number of esters is 1. The van der Waals surface area contributed by atoms with Crippen molar-refractivity contribution in [2.45, 2.75) is 6.92 Å². The second kappa shape index (κ2) is 4.59. The Labute approximate surface area is 104 Å². The van der Waals surface area contributed by atoms with E-state index in [0.29, 0.717) is 22.0 Å². The SMILES string of the molecule is COC(=O)c1c(C)ncc(Cl)c1-n1cccc1. The molecule has 4 nitrogen and oxygen atoms in total. The smallest absolute Gasteiger partial charge is 0.341 e. The number of methoxy groups -OCH3 is 1. The Hall–Kier alpha value is -1.81. The van der Waals surface area contributed by atoms with Crippen molar-refractivity contribution in [3.63, 3.8) is 0 Å². The lowest BCUT2D eigenvalue weighted by atomic mass is 10.1. The highest BCUT2D eigenvalue weighted by Gasteiger charge is 2.19. The minimum absolute atomic E-state index is 0.385. The quantitative estimate of drug-likeness (QED) is 0.770. The molecule has 0 aromatic carbocycles. The molecule has 0 spiro atoms. The van der Waals surface area contributed by atoms with Gasteiger partial charge < -0.3 is 9.30 Å². The largest absolute Gasteiger partial charge is 0.465 e. The van der Waals surface area contributed by atoms with Gasteiger partial charge in [-0.1, -0.05) is 11.6 Å². The monoisotopic (exact) mass is 250 g/mol. The first kappa shape index (κ1) is 11.7. The zero-order valence-corrected chi connectivity index (χ0v) is 10.2. The summed E-state index contributed by atoms with van der Waals surface area (Å²) >= 11 is 6.10. The molecule has 0 fully saturated rings. The van der Waals surface area contributed by atoms with E-state index >= 15 is 0 Å². The summed E-state index contributed by atoms with van der Waals surface area (Å²) < 4.78 is 6.53. The Morgan fingerprint density at radius 3 is 2.65 bits per heavy atom. The highest BCUT2D eigenvalue weighted by atomic mass is 35.5. The number of aromatic nitrogens is 2. The van der Waals surface area contributed by atoms with Gasteiger partial charge in [0.25, 0.3) is 0 Å². The van der Waals surface area contributed by atoms with Gasteiger partial charge in [0.1, 0.15) is 5.56 Å². The first-order valence-electron chi connectivity index (χ1n) is 5.02. The summed E-state index contributed by atoms with van der Waals surface area (Å²) in [6.45, 7) is 1.75. The van der Waals surface area contributed by atoms with Crippen LogP contribution in [0.3, 0.4) is 0 Å². The second-order valence-electron chi connectivity index (χ2n) is 3.50. The molecule has 0 aliphatic heterocycles. The Balaban J connectivity index is 2.72. The number of aryl methyl sites for hydroxylation is 1. The summed E-state index contributed by atoms with van der Waals surface area (Å²) in [6.07, 6.45) is 5.15. The first-order valence-corrected chi connectivity index (χ1v) is 5.39. The van der Waals surface area contributed by atoms with Gasteiger partial charge in [-0.15, -0.1) is 0 Å². The number of hydrogen-bond acceptors (Lipinski definition) is 3. The van der Waals surface area contributed by atoms with E-state index in [9.17, 15) is 4.79 Å². The van der Waals surface area contributed by atoms with Crippen LogP contribution >= 0.6 is 11.6 Å². The van der Waals surface area contributed by atoms with E-state index < -0.39 is 5.97 Å². The van der Waals surface area contributed by atoms with E-state index in [2.05, 4.69) is 4.98 Å². The molecule has 2 aromatic heterocycles. The van der Waals surface area contributed by atoms with Gasteiger partial charge in [0.05, 0.1) is 23.5 Å². The summed E-state index contributed by atoms with van der Waals surface area (Å²) in [5.41, 5.74) is 1.57. The number of rotatable bonds is 2. The molecule has 2 aromatic rings. The van der Waals surface area contributed by atoms with Crippen molar-refractivity contribution in [1.82, 2.24) is 9.55 Å². The molecule has 0 aliphatic carbocycles. The number of nitrogens with zero attached hydrogens (tertiary/aromatic N) is 2. The van der Waals surface area contributed by atoms with E-state index in [1.807, 2.05) is 24.5 Å². The highest BCUT2D eigenvalue weighted by Crippen LogP contribution is 2.26. The molecular weight excluding hydrogens is 240 g/mol. The third-order valence-corrected chi connectivity index (χ3v) is 2.73. The van der Waals surface area contributed by atoms with Crippen molar-refractivity contribution >= 4 is 17.6 Å². The van der Waals surface area contributed by atoms with Gasteiger partial charge in [0.2, 0.25) is 0 Å². The molecular formula is C12H11ClN2O2. The molecule has 0 atom stereocenters. The van der Waals surface area contributed by atoms with E-state index in [1.54, 1.807) is 11.5 Å².